The van der Waals surface area contributed by atoms with Crippen LogP contribution >= 0.6 is 11.6 Å². The van der Waals surface area contributed by atoms with Crippen molar-refractivity contribution in [2.75, 3.05) is 12.3 Å². The number of ether oxygens (including phenoxy) is 1. The Morgan fingerprint density at radius 1 is 1.27 bits per heavy atom. The lowest BCUT2D eigenvalue weighted by Gasteiger charge is -2.13. The maximum Gasteiger partial charge on any atom is 0.375 e. The van der Waals surface area contributed by atoms with Crippen molar-refractivity contribution in [1.82, 2.24) is 9.13 Å². The first-order valence-corrected chi connectivity index (χ1v) is 9.54. The lowest BCUT2D eigenvalue weighted by atomic mass is 10.1. The molecule has 0 saturated carbocycles. The molecule has 1 aromatic carbocycles. The summed E-state index contributed by atoms with van der Waals surface area (Å²) in [7, 11) is 1.25. The monoisotopic (exact) mass is 433 g/mol. The molecule has 0 fully saturated rings. The maximum absolute atomic E-state index is 12.6. The quantitative estimate of drug-likeness (QED) is 0.466. The number of nitrogens with zero attached hydrogens (tertiary/aromatic N) is 2. The molecule has 0 aliphatic carbocycles. The number of furan rings is 1. The highest BCUT2D eigenvalue weighted by atomic mass is 35.5. The fourth-order valence-electron chi connectivity index (χ4n) is 3.16. The molecule has 0 spiro atoms. The van der Waals surface area contributed by atoms with Crippen LogP contribution in [0.15, 0.2) is 32.2 Å². The minimum Gasteiger partial charge on any atom is -0.451 e. The third kappa shape index (κ3) is 3.52. The van der Waals surface area contributed by atoms with E-state index in [1.165, 1.54) is 7.05 Å². The van der Waals surface area contributed by atoms with Gasteiger partial charge in [0.2, 0.25) is 11.5 Å². The Kier molecular flexibility index (Phi) is 5.84. The summed E-state index contributed by atoms with van der Waals surface area (Å²) in [6.45, 7) is 2.97. The predicted octanol–water partition coefficient (Wildman–Crippen LogP) is 2.29. The van der Waals surface area contributed by atoms with Crippen molar-refractivity contribution in [2.45, 2.75) is 26.8 Å². The molecule has 0 radical (unpaired) electrons. The SMILES string of the molecule is CCCn1c(N)c(C(=O)COC(=O)c2oc3c(Cl)cccc3c2C)c(=O)n(C)c1=O. The van der Waals surface area contributed by atoms with E-state index in [2.05, 4.69) is 0 Å². The van der Waals surface area contributed by atoms with E-state index in [0.717, 1.165) is 9.13 Å². The third-order valence-electron chi connectivity index (χ3n) is 4.74. The number of fused-ring (bicyclic) bond motifs is 1. The molecule has 0 aliphatic rings. The van der Waals surface area contributed by atoms with Crippen molar-refractivity contribution in [3.05, 3.63) is 60.9 Å². The second kappa shape index (κ2) is 8.19. The van der Waals surface area contributed by atoms with Crippen LogP contribution < -0.4 is 17.0 Å². The van der Waals surface area contributed by atoms with Crippen molar-refractivity contribution in [2.24, 2.45) is 7.05 Å². The fourth-order valence-corrected chi connectivity index (χ4v) is 3.37. The van der Waals surface area contributed by atoms with Crippen LogP contribution in [-0.4, -0.2) is 27.5 Å². The zero-order valence-electron chi connectivity index (χ0n) is 16.7. The molecule has 10 heteroatoms. The highest BCUT2D eigenvalue weighted by molar-refractivity contribution is 6.35. The summed E-state index contributed by atoms with van der Waals surface area (Å²) in [6.07, 6.45) is 0.568. The molecule has 158 valence electrons. The van der Waals surface area contributed by atoms with Gasteiger partial charge in [-0.25, -0.2) is 9.59 Å². The number of rotatable bonds is 6. The highest BCUT2D eigenvalue weighted by Gasteiger charge is 2.25. The Labute approximate surface area is 175 Å². The van der Waals surface area contributed by atoms with Crippen molar-refractivity contribution in [1.29, 1.82) is 0 Å². The lowest BCUT2D eigenvalue weighted by molar-refractivity contribution is 0.0444. The smallest absolute Gasteiger partial charge is 0.375 e. The van der Waals surface area contributed by atoms with E-state index in [4.69, 9.17) is 26.5 Å². The largest absolute Gasteiger partial charge is 0.451 e. The van der Waals surface area contributed by atoms with E-state index in [1.807, 2.05) is 6.92 Å². The number of nitrogens with two attached hydrogens (primary N) is 1. The van der Waals surface area contributed by atoms with Crippen LogP contribution in [0.2, 0.25) is 5.02 Å². The van der Waals surface area contributed by atoms with Crippen LogP contribution in [-0.2, 0) is 18.3 Å². The van der Waals surface area contributed by atoms with Gasteiger partial charge in [0.1, 0.15) is 11.4 Å². The summed E-state index contributed by atoms with van der Waals surface area (Å²) in [5, 5.41) is 0.978. The molecule has 0 amide bonds. The number of hydrogen-bond acceptors (Lipinski definition) is 7. The van der Waals surface area contributed by atoms with E-state index in [1.54, 1.807) is 25.1 Å². The van der Waals surface area contributed by atoms with E-state index in [9.17, 15) is 19.2 Å². The normalized spacial score (nSPS) is 11.1. The Morgan fingerprint density at radius 2 is 1.97 bits per heavy atom. The first-order chi connectivity index (χ1) is 14.2. The summed E-state index contributed by atoms with van der Waals surface area (Å²) in [5.41, 5.74) is 4.88. The van der Waals surface area contributed by atoms with Crippen LogP contribution in [0, 0.1) is 6.92 Å². The number of esters is 1. The summed E-state index contributed by atoms with van der Waals surface area (Å²) < 4.78 is 12.5. The van der Waals surface area contributed by atoms with Gasteiger partial charge in [-0.05, 0) is 19.4 Å². The zero-order valence-corrected chi connectivity index (χ0v) is 17.4. The van der Waals surface area contributed by atoms with E-state index >= 15 is 0 Å². The number of halogens is 1. The van der Waals surface area contributed by atoms with Crippen LogP contribution in [0.25, 0.3) is 11.0 Å². The lowest BCUT2D eigenvalue weighted by Crippen LogP contribution is -2.43. The molecular weight excluding hydrogens is 414 g/mol. The number of aromatic nitrogens is 2. The number of para-hydroxylation sites is 1. The second-order valence-electron chi connectivity index (χ2n) is 6.73. The summed E-state index contributed by atoms with van der Waals surface area (Å²) in [5.74, 6) is -2.05. The number of benzene rings is 1. The number of carbonyl (C=O) groups is 2. The summed E-state index contributed by atoms with van der Waals surface area (Å²) >= 11 is 6.08. The maximum atomic E-state index is 12.6. The molecule has 2 aromatic heterocycles. The van der Waals surface area contributed by atoms with Gasteiger partial charge in [0, 0.05) is 24.5 Å². The van der Waals surface area contributed by atoms with Gasteiger partial charge in [0.25, 0.3) is 5.56 Å². The Balaban J connectivity index is 1.89. The first kappa shape index (κ1) is 21.4. The van der Waals surface area contributed by atoms with Gasteiger partial charge in [-0.1, -0.05) is 30.7 Å². The standard InChI is InChI=1S/C20H20ClN3O6/c1-4-8-24-17(22)14(18(26)23(3)20(24)28)13(25)9-29-19(27)15-10(2)11-6-5-7-12(21)16(11)30-15/h5-7H,4,8-9,22H2,1-3H3. The van der Waals surface area contributed by atoms with Gasteiger partial charge in [0.05, 0.1) is 5.02 Å². The van der Waals surface area contributed by atoms with Crippen molar-refractivity contribution < 1.29 is 18.7 Å². The highest BCUT2D eigenvalue weighted by Crippen LogP contribution is 2.31. The summed E-state index contributed by atoms with van der Waals surface area (Å²) in [4.78, 5) is 49.7. The number of Topliss-reactive ketones (excluding diaryl/α,β-unsaturated/α-hetero) is 1. The Bertz CT molecular complexity index is 1280. The molecule has 3 rings (SSSR count). The topological polar surface area (TPSA) is 127 Å². The van der Waals surface area contributed by atoms with Crippen molar-refractivity contribution in [3.8, 4) is 0 Å². The molecule has 30 heavy (non-hydrogen) atoms. The van der Waals surface area contributed by atoms with Crippen LogP contribution in [0.4, 0.5) is 5.82 Å². The number of aryl methyl sites for hydroxylation is 1. The van der Waals surface area contributed by atoms with Crippen molar-refractivity contribution >= 4 is 40.1 Å². The fraction of sp³-hybridized carbons (Fsp3) is 0.300. The van der Waals surface area contributed by atoms with Crippen LogP contribution in [0.5, 0.6) is 0 Å². The van der Waals surface area contributed by atoms with Gasteiger partial charge in [0.15, 0.2) is 12.2 Å². The number of ketones is 1. The number of carbonyl (C=O) groups excluding carboxylic acids is 2. The molecule has 2 N–H and O–H groups in total. The van der Waals surface area contributed by atoms with Crippen molar-refractivity contribution in [3.63, 3.8) is 0 Å². The molecule has 0 unspecified atom stereocenters. The van der Waals surface area contributed by atoms with Gasteiger partial charge < -0.3 is 14.9 Å². The number of hydrogen-bond donors (Lipinski definition) is 1. The number of anilines is 1. The van der Waals surface area contributed by atoms with Crippen LogP contribution in [0.3, 0.4) is 0 Å². The van der Waals surface area contributed by atoms with E-state index in [0.29, 0.717) is 28.0 Å². The van der Waals surface area contributed by atoms with E-state index in [-0.39, 0.29) is 18.1 Å². The van der Waals surface area contributed by atoms with E-state index < -0.39 is 35.2 Å². The average molecular weight is 434 g/mol. The zero-order chi connectivity index (χ0) is 22.2. The minimum absolute atomic E-state index is 0.0947. The number of nitrogen functional groups attached to an aromatic ring is 1. The van der Waals surface area contributed by atoms with Gasteiger partial charge >= 0.3 is 11.7 Å². The molecular formula is C20H20ClN3O6. The molecule has 3 aromatic rings. The third-order valence-corrected chi connectivity index (χ3v) is 5.04. The molecule has 0 bridgehead atoms. The minimum atomic E-state index is -0.884. The molecule has 2 heterocycles. The first-order valence-electron chi connectivity index (χ1n) is 9.16. The average Bonchev–Trinajstić information content (AvgIpc) is 3.06. The Hall–Kier alpha value is -3.33. The van der Waals surface area contributed by atoms with Gasteiger partial charge in [-0.2, -0.15) is 0 Å². The van der Waals surface area contributed by atoms with Crippen LogP contribution in [0.1, 0.15) is 39.8 Å². The Morgan fingerprint density at radius 3 is 2.60 bits per heavy atom. The van der Waals surface area contributed by atoms with Gasteiger partial charge in [-0.3, -0.25) is 18.7 Å². The van der Waals surface area contributed by atoms with Gasteiger partial charge in [-0.15, -0.1) is 0 Å². The molecule has 0 aliphatic heterocycles. The molecule has 9 nitrogen and oxygen atoms in total. The second-order valence-corrected chi connectivity index (χ2v) is 7.14. The molecule has 0 saturated heterocycles. The molecule has 0 atom stereocenters. The summed E-state index contributed by atoms with van der Waals surface area (Å²) in [6, 6.07) is 5.08. The predicted molar refractivity (Wildman–Crippen MR) is 111 cm³/mol.